The minimum Gasteiger partial charge on any atom is -0.344 e. The van der Waals surface area contributed by atoms with Gasteiger partial charge in [-0.1, -0.05) is 11.6 Å². The van der Waals surface area contributed by atoms with Gasteiger partial charge in [0.1, 0.15) is 11.9 Å². The normalized spacial score (nSPS) is 23.5. The predicted molar refractivity (Wildman–Crippen MR) is 73.0 cm³/mol. The molecule has 2 fully saturated rings. The molecule has 4 nitrogen and oxygen atoms in total. The molecule has 20 heavy (non-hydrogen) atoms. The first-order chi connectivity index (χ1) is 9.56. The van der Waals surface area contributed by atoms with E-state index in [9.17, 15) is 14.0 Å². The van der Waals surface area contributed by atoms with Crippen LogP contribution in [0.3, 0.4) is 0 Å². The van der Waals surface area contributed by atoms with Crippen LogP contribution in [0.1, 0.15) is 19.3 Å². The standard InChI is InChI=1S/C14H14ClFN2O2/c15-10-7-9(3-4-11(10)16)18-6-5-12(19)17-13(14(18)20)8-1-2-8/h3-4,7-8,13H,1-2,5-6H2,(H,17,19). The van der Waals surface area contributed by atoms with E-state index in [-0.39, 0.29) is 35.7 Å². The quantitative estimate of drug-likeness (QED) is 0.909. The summed E-state index contributed by atoms with van der Waals surface area (Å²) in [6, 6.07) is 3.71. The van der Waals surface area contributed by atoms with E-state index in [4.69, 9.17) is 11.6 Å². The molecule has 3 rings (SSSR count). The molecule has 0 aromatic heterocycles. The summed E-state index contributed by atoms with van der Waals surface area (Å²) in [6.07, 6.45) is 2.15. The Hall–Kier alpha value is -1.62. The molecule has 1 heterocycles. The molecule has 1 N–H and O–H groups in total. The Morgan fingerprint density at radius 3 is 2.70 bits per heavy atom. The first kappa shape index (κ1) is 13.4. The topological polar surface area (TPSA) is 49.4 Å². The first-order valence-electron chi connectivity index (χ1n) is 6.62. The van der Waals surface area contributed by atoms with Crippen LogP contribution in [-0.2, 0) is 9.59 Å². The fourth-order valence-electron chi connectivity index (χ4n) is 2.46. The van der Waals surface area contributed by atoms with E-state index in [1.54, 1.807) is 0 Å². The Bertz CT molecular complexity index is 574. The number of hydrogen-bond acceptors (Lipinski definition) is 2. The molecule has 1 aliphatic heterocycles. The van der Waals surface area contributed by atoms with Crippen molar-refractivity contribution in [2.45, 2.75) is 25.3 Å². The van der Waals surface area contributed by atoms with E-state index in [1.807, 2.05) is 0 Å². The Morgan fingerprint density at radius 1 is 1.30 bits per heavy atom. The van der Waals surface area contributed by atoms with Gasteiger partial charge in [-0.25, -0.2) is 4.39 Å². The van der Waals surface area contributed by atoms with E-state index in [1.165, 1.54) is 23.1 Å². The number of halogens is 2. The van der Waals surface area contributed by atoms with Gasteiger partial charge in [0.05, 0.1) is 5.02 Å². The Balaban J connectivity index is 1.91. The van der Waals surface area contributed by atoms with Crippen LogP contribution in [0.4, 0.5) is 10.1 Å². The smallest absolute Gasteiger partial charge is 0.249 e. The van der Waals surface area contributed by atoms with Crippen LogP contribution in [0.2, 0.25) is 5.02 Å². The van der Waals surface area contributed by atoms with Crippen LogP contribution in [0.5, 0.6) is 0 Å². The highest BCUT2D eigenvalue weighted by atomic mass is 35.5. The number of carbonyl (C=O) groups is 2. The Labute approximate surface area is 120 Å². The van der Waals surface area contributed by atoms with Crippen LogP contribution in [0.25, 0.3) is 0 Å². The summed E-state index contributed by atoms with van der Waals surface area (Å²) in [7, 11) is 0. The maximum atomic E-state index is 13.2. The van der Waals surface area contributed by atoms with Crippen molar-refractivity contribution in [3.05, 3.63) is 29.0 Å². The highest BCUT2D eigenvalue weighted by Gasteiger charge is 2.41. The lowest BCUT2D eigenvalue weighted by Crippen LogP contribution is -2.46. The van der Waals surface area contributed by atoms with Crippen molar-refractivity contribution in [3.63, 3.8) is 0 Å². The van der Waals surface area contributed by atoms with Gasteiger partial charge in [0.2, 0.25) is 11.8 Å². The summed E-state index contributed by atoms with van der Waals surface area (Å²) in [5, 5.41) is 2.75. The number of benzene rings is 1. The molecular formula is C14H14ClFN2O2. The lowest BCUT2D eigenvalue weighted by molar-refractivity contribution is -0.126. The van der Waals surface area contributed by atoms with Crippen molar-refractivity contribution in [2.75, 3.05) is 11.4 Å². The highest BCUT2D eigenvalue weighted by Crippen LogP contribution is 2.35. The maximum absolute atomic E-state index is 13.2. The zero-order chi connectivity index (χ0) is 14.3. The van der Waals surface area contributed by atoms with Gasteiger partial charge < -0.3 is 10.2 Å². The molecule has 1 aromatic rings. The van der Waals surface area contributed by atoms with Gasteiger partial charge in [-0.2, -0.15) is 0 Å². The summed E-state index contributed by atoms with van der Waals surface area (Å²) in [5.41, 5.74) is 0.531. The fraction of sp³-hybridized carbons (Fsp3) is 0.429. The molecule has 1 aromatic carbocycles. The number of anilines is 1. The third-order valence-electron chi connectivity index (χ3n) is 3.72. The molecule has 0 radical (unpaired) electrons. The van der Waals surface area contributed by atoms with Crippen molar-refractivity contribution in [3.8, 4) is 0 Å². The summed E-state index contributed by atoms with van der Waals surface area (Å²) in [6.45, 7) is 0.288. The van der Waals surface area contributed by atoms with Gasteiger partial charge in [0.15, 0.2) is 0 Å². The molecule has 1 saturated carbocycles. The van der Waals surface area contributed by atoms with E-state index < -0.39 is 11.9 Å². The van der Waals surface area contributed by atoms with Gasteiger partial charge in [-0.15, -0.1) is 0 Å². The van der Waals surface area contributed by atoms with Crippen LogP contribution < -0.4 is 10.2 Å². The zero-order valence-corrected chi connectivity index (χ0v) is 11.5. The molecule has 1 saturated heterocycles. The molecule has 6 heteroatoms. The van der Waals surface area contributed by atoms with Crippen molar-refractivity contribution in [2.24, 2.45) is 5.92 Å². The molecule has 2 aliphatic rings. The van der Waals surface area contributed by atoms with E-state index in [2.05, 4.69) is 5.32 Å². The Morgan fingerprint density at radius 2 is 2.05 bits per heavy atom. The summed E-state index contributed by atoms with van der Waals surface area (Å²) >= 11 is 5.77. The number of nitrogens with zero attached hydrogens (tertiary/aromatic N) is 1. The average Bonchev–Trinajstić information content (AvgIpc) is 3.23. The third kappa shape index (κ3) is 2.50. The minimum absolute atomic E-state index is 0.0261. The lowest BCUT2D eigenvalue weighted by Gasteiger charge is -2.24. The number of carbonyl (C=O) groups excluding carboxylic acids is 2. The Kier molecular flexibility index (Phi) is 3.38. The molecule has 106 valence electrons. The zero-order valence-electron chi connectivity index (χ0n) is 10.7. The van der Waals surface area contributed by atoms with Crippen LogP contribution in [0, 0.1) is 11.7 Å². The van der Waals surface area contributed by atoms with Crippen molar-refractivity contribution in [1.82, 2.24) is 5.32 Å². The highest BCUT2D eigenvalue weighted by molar-refractivity contribution is 6.31. The average molecular weight is 297 g/mol. The SMILES string of the molecule is O=C1CCN(c2ccc(F)c(Cl)c2)C(=O)C(C2CC2)N1. The van der Waals surface area contributed by atoms with E-state index in [0.717, 1.165) is 12.8 Å². The molecule has 0 spiro atoms. The van der Waals surface area contributed by atoms with Gasteiger partial charge in [0.25, 0.3) is 0 Å². The lowest BCUT2D eigenvalue weighted by atomic mass is 10.1. The van der Waals surface area contributed by atoms with Gasteiger partial charge >= 0.3 is 0 Å². The summed E-state index contributed by atoms with van der Waals surface area (Å²) in [5.74, 6) is -0.555. The van der Waals surface area contributed by atoms with Crippen LogP contribution in [-0.4, -0.2) is 24.4 Å². The molecule has 1 aliphatic carbocycles. The summed E-state index contributed by atoms with van der Waals surface area (Å²) in [4.78, 5) is 25.8. The van der Waals surface area contributed by atoms with Crippen LogP contribution >= 0.6 is 11.6 Å². The third-order valence-corrected chi connectivity index (χ3v) is 4.01. The second kappa shape index (κ2) is 5.05. The van der Waals surface area contributed by atoms with Gasteiger partial charge in [-0.3, -0.25) is 9.59 Å². The minimum atomic E-state index is -0.523. The second-order valence-corrected chi connectivity index (χ2v) is 5.63. The number of nitrogens with one attached hydrogen (secondary N) is 1. The molecule has 1 atom stereocenters. The second-order valence-electron chi connectivity index (χ2n) is 5.22. The van der Waals surface area contributed by atoms with Crippen molar-refractivity contribution < 1.29 is 14.0 Å². The monoisotopic (exact) mass is 296 g/mol. The van der Waals surface area contributed by atoms with Gasteiger partial charge in [-0.05, 0) is 37.0 Å². The molecule has 2 amide bonds. The number of hydrogen-bond donors (Lipinski definition) is 1. The molecule has 1 unspecified atom stereocenters. The van der Waals surface area contributed by atoms with Crippen LogP contribution in [0.15, 0.2) is 18.2 Å². The fourth-order valence-corrected chi connectivity index (χ4v) is 2.63. The number of amides is 2. The van der Waals surface area contributed by atoms with E-state index >= 15 is 0 Å². The number of rotatable bonds is 2. The summed E-state index contributed by atoms with van der Waals surface area (Å²) < 4.78 is 13.2. The first-order valence-corrected chi connectivity index (χ1v) is 7.00. The largest absolute Gasteiger partial charge is 0.344 e. The molecule has 0 bridgehead atoms. The predicted octanol–water partition coefficient (Wildman–Crippen LogP) is 2.11. The maximum Gasteiger partial charge on any atom is 0.249 e. The van der Waals surface area contributed by atoms with Gasteiger partial charge in [0, 0.05) is 18.7 Å². The van der Waals surface area contributed by atoms with Crippen molar-refractivity contribution in [1.29, 1.82) is 0 Å². The van der Waals surface area contributed by atoms with Crippen molar-refractivity contribution >= 4 is 29.1 Å². The van der Waals surface area contributed by atoms with E-state index in [0.29, 0.717) is 5.69 Å². The molecular weight excluding hydrogens is 283 g/mol.